The zero-order chi connectivity index (χ0) is 13.1. The van der Waals surface area contributed by atoms with Gasteiger partial charge in [0.05, 0.1) is 4.88 Å². The van der Waals surface area contributed by atoms with E-state index in [9.17, 15) is 4.79 Å². The molecule has 0 fully saturated rings. The Morgan fingerprint density at radius 2 is 2.33 bits per heavy atom. The molecule has 0 aliphatic carbocycles. The van der Waals surface area contributed by atoms with Crippen molar-refractivity contribution >= 4 is 11.3 Å². The highest BCUT2D eigenvalue weighted by Gasteiger charge is 2.11. The van der Waals surface area contributed by atoms with Gasteiger partial charge in [0.15, 0.2) is 0 Å². The van der Waals surface area contributed by atoms with Gasteiger partial charge in [0, 0.05) is 6.54 Å². The number of nitrogens with zero attached hydrogens (tertiary/aromatic N) is 3. The van der Waals surface area contributed by atoms with Gasteiger partial charge in [-0.2, -0.15) is 10.4 Å². The number of hydrogen-bond donors (Lipinski definition) is 0. The first-order valence-corrected chi connectivity index (χ1v) is 6.56. The zero-order valence-corrected chi connectivity index (χ0v) is 11.1. The topological polar surface area (TPSA) is 58.7 Å². The van der Waals surface area contributed by atoms with Gasteiger partial charge in [-0.15, -0.1) is 11.3 Å². The summed E-state index contributed by atoms with van der Waals surface area (Å²) in [5.74, 6) is 0.306. The Morgan fingerprint density at radius 1 is 1.56 bits per heavy atom. The molecule has 2 aromatic rings. The summed E-state index contributed by atoms with van der Waals surface area (Å²) in [6.07, 6.45) is 0. The highest BCUT2D eigenvalue weighted by atomic mass is 32.1. The first kappa shape index (κ1) is 12.5. The van der Waals surface area contributed by atoms with Crippen LogP contribution in [0.25, 0.3) is 10.6 Å². The summed E-state index contributed by atoms with van der Waals surface area (Å²) < 4.78 is 1.39. The summed E-state index contributed by atoms with van der Waals surface area (Å²) >= 11 is 1.54. The van der Waals surface area contributed by atoms with Crippen LogP contribution in [-0.2, 0) is 6.54 Å². The fourth-order valence-corrected chi connectivity index (χ4v) is 2.32. The van der Waals surface area contributed by atoms with E-state index in [-0.39, 0.29) is 11.1 Å². The van der Waals surface area contributed by atoms with Crippen LogP contribution in [0, 0.1) is 17.2 Å². The first-order valence-electron chi connectivity index (χ1n) is 5.68. The number of rotatable bonds is 3. The van der Waals surface area contributed by atoms with Gasteiger partial charge in [-0.25, -0.2) is 4.68 Å². The van der Waals surface area contributed by atoms with Crippen molar-refractivity contribution in [2.45, 2.75) is 20.4 Å². The average Bonchev–Trinajstić information content (AvgIpc) is 2.84. The van der Waals surface area contributed by atoms with Crippen molar-refractivity contribution in [3.63, 3.8) is 0 Å². The highest BCUT2D eigenvalue weighted by molar-refractivity contribution is 7.13. The second kappa shape index (κ2) is 5.15. The molecule has 92 valence electrons. The lowest BCUT2D eigenvalue weighted by atomic mass is 10.2. The number of hydrogen-bond acceptors (Lipinski definition) is 4. The van der Waals surface area contributed by atoms with E-state index in [0.717, 1.165) is 4.88 Å². The van der Waals surface area contributed by atoms with Crippen LogP contribution in [0.1, 0.15) is 19.4 Å². The maximum atomic E-state index is 11.9. The Balaban J connectivity index is 2.57. The number of thiophene rings is 1. The van der Waals surface area contributed by atoms with E-state index in [1.807, 2.05) is 37.4 Å². The molecule has 0 amide bonds. The predicted octanol–water partition coefficient (Wildman–Crippen LogP) is 2.50. The lowest BCUT2D eigenvalue weighted by Gasteiger charge is -2.09. The molecule has 0 saturated carbocycles. The molecule has 4 nitrogen and oxygen atoms in total. The van der Waals surface area contributed by atoms with Crippen molar-refractivity contribution in [1.29, 1.82) is 5.26 Å². The monoisotopic (exact) mass is 259 g/mol. The Hall–Kier alpha value is -1.93. The van der Waals surface area contributed by atoms with Crippen LogP contribution in [0.15, 0.2) is 28.4 Å². The van der Waals surface area contributed by atoms with E-state index < -0.39 is 0 Å². The normalized spacial score (nSPS) is 10.6. The van der Waals surface area contributed by atoms with Crippen LogP contribution < -0.4 is 5.56 Å². The molecule has 5 heteroatoms. The zero-order valence-electron chi connectivity index (χ0n) is 10.3. The fraction of sp³-hybridized carbons (Fsp3) is 0.308. The van der Waals surface area contributed by atoms with E-state index >= 15 is 0 Å². The van der Waals surface area contributed by atoms with E-state index in [4.69, 9.17) is 5.26 Å². The Bertz CT molecular complexity index is 635. The van der Waals surface area contributed by atoms with Crippen molar-refractivity contribution in [2.75, 3.05) is 0 Å². The van der Waals surface area contributed by atoms with Crippen LogP contribution >= 0.6 is 11.3 Å². The second-order valence-corrected chi connectivity index (χ2v) is 5.36. The fourth-order valence-electron chi connectivity index (χ4n) is 1.64. The molecule has 2 rings (SSSR count). The smallest absolute Gasteiger partial charge is 0.266 e. The molecular weight excluding hydrogens is 246 g/mol. The summed E-state index contributed by atoms with van der Waals surface area (Å²) in [6.45, 7) is 4.54. The van der Waals surface area contributed by atoms with Gasteiger partial charge in [0.1, 0.15) is 17.3 Å². The minimum absolute atomic E-state index is 0.147. The van der Waals surface area contributed by atoms with Crippen molar-refractivity contribution in [3.05, 3.63) is 39.5 Å². The maximum Gasteiger partial charge on any atom is 0.284 e. The van der Waals surface area contributed by atoms with Crippen LogP contribution in [0.3, 0.4) is 0 Å². The molecule has 0 unspecified atom stereocenters. The van der Waals surface area contributed by atoms with Gasteiger partial charge in [0.25, 0.3) is 5.56 Å². The Labute approximate surface area is 109 Å². The second-order valence-electron chi connectivity index (χ2n) is 4.41. The van der Waals surface area contributed by atoms with E-state index in [0.29, 0.717) is 18.2 Å². The van der Waals surface area contributed by atoms with Crippen LogP contribution in [0.5, 0.6) is 0 Å². The molecule has 0 aliphatic heterocycles. The lowest BCUT2D eigenvalue weighted by molar-refractivity contribution is 0.464. The summed E-state index contributed by atoms with van der Waals surface area (Å²) in [4.78, 5) is 12.9. The third-order valence-corrected chi connectivity index (χ3v) is 3.30. The van der Waals surface area contributed by atoms with E-state index in [1.54, 1.807) is 17.4 Å². The minimum Gasteiger partial charge on any atom is -0.266 e. The molecule has 0 saturated heterocycles. The lowest BCUT2D eigenvalue weighted by Crippen LogP contribution is -2.27. The average molecular weight is 259 g/mol. The summed E-state index contributed by atoms with van der Waals surface area (Å²) in [5.41, 5.74) is 0.516. The largest absolute Gasteiger partial charge is 0.284 e. The number of aromatic nitrogens is 2. The quantitative estimate of drug-likeness (QED) is 0.851. The van der Waals surface area contributed by atoms with E-state index in [2.05, 4.69) is 5.10 Å². The molecule has 0 bridgehead atoms. The van der Waals surface area contributed by atoms with Crippen LogP contribution in [-0.4, -0.2) is 9.78 Å². The van der Waals surface area contributed by atoms with Crippen LogP contribution in [0.2, 0.25) is 0 Å². The van der Waals surface area contributed by atoms with Crippen molar-refractivity contribution < 1.29 is 0 Å². The van der Waals surface area contributed by atoms with Crippen molar-refractivity contribution in [2.24, 2.45) is 5.92 Å². The van der Waals surface area contributed by atoms with Gasteiger partial charge < -0.3 is 0 Å². The molecule has 2 aromatic heterocycles. The minimum atomic E-state index is -0.313. The maximum absolute atomic E-state index is 11.9. The van der Waals surface area contributed by atoms with Gasteiger partial charge in [0.2, 0.25) is 0 Å². The van der Waals surface area contributed by atoms with Gasteiger partial charge >= 0.3 is 0 Å². The highest BCUT2D eigenvalue weighted by Crippen LogP contribution is 2.22. The SMILES string of the molecule is CC(C)Cn1nc(-c2cccs2)cc(C#N)c1=O. The molecule has 0 aliphatic rings. The Morgan fingerprint density at radius 3 is 2.89 bits per heavy atom. The van der Waals surface area contributed by atoms with E-state index in [1.165, 1.54) is 4.68 Å². The van der Waals surface area contributed by atoms with Crippen LogP contribution in [0.4, 0.5) is 0 Å². The number of nitriles is 1. The van der Waals surface area contributed by atoms with Gasteiger partial charge in [-0.05, 0) is 23.4 Å². The molecular formula is C13H13N3OS. The third-order valence-electron chi connectivity index (χ3n) is 2.41. The van der Waals surface area contributed by atoms with Crippen molar-refractivity contribution in [1.82, 2.24) is 9.78 Å². The molecule has 18 heavy (non-hydrogen) atoms. The standard InChI is InChI=1S/C13H13N3OS/c1-9(2)8-16-13(17)10(7-14)6-11(15-16)12-4-3-5-18-12/h3-6,9H,8H2,1-2H3. The molecule has 0 atom stereocenters. The molecule has 0 radical (unpaired) electrons. The molecule has 0 spiro atoms. The molecule has 0 aromatic carbocycles. The summed E-state index contributed by atoms with van der Waals surface area (Å²) in [5, 5.41) is 15.3. The predicted molar refractivity (Wildman–Crippen MR) is 71.4 cm³/mol. The first-order chi connectivity index (χ1) is 8.61. The molecule has 2 heterocycles. The third kappa shape index (κ3) is 2.49. The van der Waals surface area contributed by atoms with Crippen molar-refractivity contribution in [3.8, 4) is 16.6 Å². The van der Waals surface area contributed by atoms with Gasteiger partial charge in [-0.3, -0.25) is 4.79 Å². The Kier molecular flexibility index (Phi) is 3.58. The van der Waals surface area contributed by atoms with Gasteiger partial charge in [-0.1, -0.05) is 19.9 Å². The molecule has 0 N–H and O–H groups in total. The summed E-state index contributed by atoms with van der Waals surface area (Å²) in [7, 11) is 0. The summed E-state index contributed by atoms with van der Waals surface area (Å²) in [6, 6.07) is 7.35.